The Bertz CT molecular complexity index is 1890. The van der Waals surface area contributed by atoms with Gasteiger partial charge in [-0.2, -0.15) is 0 Å². The maximum atomic E-state index is 14.1. The second kappa shape index (κ2) is 9.52. The quantitative estimate of drug-likeness (QED) is 0.417. The van der Waals surface area contributed by atoms with E-state index < -0.39 is 6.04 Å². The van der Waals surface area contributed by atoms with Crippen molar-refractivity contribution in [3.8, 4) is 5.75 Å². The number of aromatic nitrogens is 1. The molecule has 2 amide bonds. The molecule has 0 saturated carbocycles. The van der Waals surface area contributed by atoms with Crippen molar-refractivity contribution in [2.45, 2.75) is 19.9 Å². The van der Waals surface area contributed by atoms with Gasteiger partial charge in [0.05, 0.1) is 30.0 Å². The number of hydrogen-bond acceptors (Lipinski definition) is 6. The van der Waals surface area contributed by atoms with Gasteiger partial charge >= 0.3 is 0 Å². The average molecular weight is 537 g/mol. The van der Waals surface area contributed by atoms with Gasteiger partial charge in [0, 0.05) is 16.9 Å². The standard InChI is InChI=1S/C30H24N4O4S/c1-16-12-13-22-21(14-16)24(28(36)33-22)26-29(37)34-25(18-8-7-11-20(15-18)38-3)23(17(2)31-30(34)39-26)27(35)32-19-9-5-4-6-10-19/h4-15,25H,1-3H3,(H,32,35)(H,33,36)/b26-24-/t25-/m0/s1. The van der Waals surface area contributed by atoms with Crippen LogP contribution in [0.25, 0.3) is 5.57 Å². The zero-order chi connectivity index (χ0) is 27.3. The lowest BCUT2D eigenvalue weighted by atomic mass is 9.95. The molecule has 0 aliphatic carbocycles. The van der Waals surface area contributed by atoms with Gasteiger partial charge in [-0.3, -0.25) is 19.0 Å². The molecule has 8 nitrogen and oxygen atoms in total. The van der Waals surface area contributed by atoms with Crippen LogP contribution >= 0.6 is 11.3 Å². The van der Waals surface area contributed by atoms with E-state index in [-0.39, 0.29) is 21.9 Å². The number of fused-ring (bicyclic) bond motifs is 2. The molecular formula is C30H24N4O4S. The molecule has 0 spiro atoms. The third kappa shape index (κ3) is 4.17. The molecule has 9 heteroatoms. The molecule has 2 aliphatic rings. The van der Waals surface area contributed by atoms with Gasteiger partial charge in [0.2, 0.25) is 0 Å². The van der Waals surface area contributed by atoms with E-state index in [4.69, 9.17) is 4.74 Å². The molecule has 0 radical (unpaired) electrons. The number of rotatable bonds is 4. The molecule has 0 saturated heterocycles. The van der Waals surface area contributed by atoms with E-state index in [0.29, 0.717) is 49.9 Å². The first kappa shape index (κ1) is 24.6. The molecule has 3 heterocycles. The normalized spacial score (nSPS) is 17.2. The summed E-state index contributed by atoms with van der Waals surface area (Å²) in [5, 5.41) is 5.80. The fourth-order valence-corrected chi connectivity index (χ4v) is 6.16. The van der Waals surface area contributed by atoms with Crippen LogP contribution in [0.3, 0.4) is 0 Å². The molecular weight excluding hydrogens is 512 g/mol. The van der Waals surface area contributed by atoms with Gasteiger partial charge in [-0.25, -0.2) is 4.99 Å². The summed E-state index contributed by atoms with van der Waals surface area (Å²) in [7, 11) is 1.56. The second-order valence-corrected chi connectivity index (χ2v) is 10.4. The molecule has 194 valence electrons. The smallest absolute Gasteiger partial charge is 0.271 e. The first-order valence-electron chi connectivity index (χ1n) is 12.3. The van der Waals surface area contributed by atoms with E-state index in [1.807, 2.05) is 55.5 Å². The van der Waals surface area contributed by atoms with E-state index in [1.165, 1.54) is 4.57 Å². The number of anilines is 2. The van der Waals surface area contributed by atoms with Crippen LogP contribution in [0.1, 0.15) is 29.7 Å². The highest BCUT2D eigenvalue weighted by Crippen LogP contribution is 2.34. The molecule has 3 aromatic carbocycles. The molecule has 0 bridgehead atoms. The van der Waals surface area contributed by atoms with E-state index in [9.17, 15) is 14.4 Å². The number of amides is 2. The minimum Gasteiger partial charge on any atom is -0.497 e. The highest BCUT2D eigenvalue weighted by molar-refractivity contribution is 7.07. The summed E-state index contributed by atoms with van der Waals surface area (Å²) in [5.41, 5.74) is 4.38. The van der Waals surface area contributed by atoms with E-state index >= 15 is 0 Å². The van der Waals surface area contributed by atoms with Crippen molar-refractivity contribution in [3.05, 3.63) is 120 Å². The molecule has 2 N–H and O–H groups in total. The number of methoxy groups -OCH3 is 1. The zero-order valence-corrected chi connectivity index (χ0v) is 22.3. The first-order chi connectivity index (χ1) is 18.9. The number of hydrogen-bond donors (Lipinski definition) is 2. The Morgan fingerprint density at radius 2 is 1.82 bits per heavy atom. The number of nitrogens with zero attached hydrogens (tertiary/aromatic N) is 2. The number of para-hydroxylation sites is 1. The number of carbonyl (C=O) groups is 2. The van der Waals surface area contributed by atoms with Gasteiger partial charge in [0.1, 0.15) is 10.3 Å². The Labute approximate surface area is 227 Å². The Balaban J connectivity index is 1.60. The van der Waals surface area contributed by atoms with Crippen molar-refractivity contribution in [2.75, 3.05) is 17.7 Å². The third-order valence-electron chi connectivity index (χ3n) is 6.83. The van der Waals surface area contributed by atoms with Crippen LogP contribution in [0.5, 0.6) is 5.75 Å². The van der Waals surface area contributed by atoms with Crippen molar-refractivity contribution < 1.29 is 14.3 Å². The van der Waals surface area contributed by atoms with Gasteiger partial charge in [-0.15, -0.1) is 0 Å². The molecule has 0 unspecified atom stereocenters. The molecule has 1 aromatic heterocycles. The van der Waals surface area contributed by atoms with E-state index in [1.54, 1.807) is 38.3 Å². The summed E-state index contributed by atoms with van der Waals surface area (Å²) < 4.78 is 7.24. The summed E-state index contributed by atoms with van der Waals surface area (Å²) in [5.74, 6) is -0.112. The third-order valence-corrected chi connectivity index (χ3v) is 7.88. The predicted octanol–water partition coefficient (Wildman–Crippen LogP) is 3.51. The van der Waals surface area contributed by atoms with Crippen molar-refractivity contribution in [1.29, 1.82) is 0 Å². The van der Waals surface area contributed by atoms with Crippen LogP contribution in [0, 0.1) is 6.92 Å². The summed E-state index contributed by atoms with van der Waals surface area (Å²) >= 11 is 1.15. The summed E-state index contributed by atoms with van der Waals surface area (Å²) in [6, 6.07) is 21.3. The van der Waals surface area contributed by atoms with Gasteiger partial charge in [-0.1, -0.05) is 53.3 Å². The maximum absolute atomic E-state index is 14.1. The number of nitrogens with one attached hydrogen (secondary N) is 2. The minimum atomic E-state index is -0.782. The van der Waals surface area contributed by atoms with Crippen molar-refractivity contribution in [2.24, 2.45) is 4.99 Å². The maximum Gasteiger partial charge on any atom is 0.271 e. The van der Waals surface area contributed by atoms with Crippen LogP contribution in [0.15, 0.2) is 93.9 Å². The highest BCUT2D eigenvalue weighted by Gasteiger charge is 2.34. The largest absolute Gasteiger partial charge is 0.497 e. The minimum absolute atomic E-state index is 0.279. The Morgan fingerprint density at radius 1 is 1.03 bits per heavy atom. The topological polar surface area (TPSA) is 102 Å². The van der Waals surface area contributed by atoms with Gasteiger partial charge in [0.15, 0.2) is 4.80 Å². The number of ether oxygens (including phenoxy) is 1. The highest BCUT2D eigenvalue weighted by atomic mass is 32.1. The molecule has 6 rings (SSSR count). The molecule has 1 atom stereocenters. The average Bonchev–Trinajstić information content (AvgIpc) is 3.42. The number of benzene rings is 3. The lowest BCUT2D eigenvalue weighted by molar-refractivity contribution is -0.113. The number of aryl methyl sites for hydroxylation is 1. The van der Waals surface area contributed by atoms with Crippen molar-refractivity contribution >= 4 is 40.1 Å². The van der Waals surface area contributed by atoms with Crippen molar-refractivity contribution in [3.63, 3.8) is 0 Å². The van der Waals surface area contributed by atoms with Gasteiger partial charge < -0.3 is 15.4 Å². The van der Waals surface area contributed by atoms with Crippen LogP contribution in [0.2, 0.25) is 0 Å². The Morgan fingerprint density at radius 3 is 2.59 bits per heavy atom. The van der Waals surface area contributed by atoms with Crippen LogP contribution in [-0.2, 0) is 9.59 Å². The van der Waals surface area contributed by atoms with Gasteiger partial charge in [0.25, 0.3) is 17.4 Å². The van der Waals surface area contributed by atoms with Crippen LogP contribution in [-0.4, -0.2) is 23.5 Å². The van der Waals surface area contributed by atoms with E-state index in [2.05, 4.69) is 15.6 Å². The second-order valence-electron chi connectivity index (χ2n) is 9.38. The predicted molar refractivity (Wildman–Crippen MR) is 151 cm³/mol. The number of thiazole rings is 1. The number of allylic oxidation sites excluding steroid dienone is 1. The molecule has 2 aliphatic heterocycles. The summed E-state index contributed by atoms with van der Waals surface area (Å²) in [6.45, 7) is 3.70. The monoisotopic (exact) mass is 536 g/mol. The lowest BCUT2D eigenvalue weighted by Gasteiger charge is -2.25. The Hall–Kier alpha value is -4.76. The van der Waals surface area contributed by atoms with E-state index in [0.717, 1.165) is 16.9 Å². The molecule has 0 fully saturated rings. The summed E-state index contributed by atoms with van der Waals surface area (Å²) in [6.07, 6.45) is 0. The van der Waals surface area contributed by atoms with Crippen molar-refractivity contribution in [1.82, 2.24) is 4.57 Å². The fraction of sp³-hybridized carbons (Fsp3) is 0.133. The Kier molecular flexibility index (Phi) is 6.00. The van der Waals surface area contributed by atoms with Gasteiger partial charge in [-0.05, 0) is 55.8 Å². The molecule has 4 aromatic rings. The summed E-state index contributed by atoms with van der Waals surface area (Å²) in [4.78, 5) is 46.0. The first-order valence-corrected chi connectivity index (χ1v) is 13.1. The fourth-order valence-electron chi connectivity index (χ4n) is 5.02. The lowest BCUT2D eigenvalue weighted by Crippen LogP contribution is -2.41. The molecule has 39 heavy (non-hydrogen) atoms. The van der Waals surface area contributed by atoms with Crippen LogP contribution in [0.4, 0.5) is 11.4 Å². The number of carbonyl (C=O) groups excluding carboxylic acids is 2. The van der Waals surface area contributed by atoms with Crippen LogP contribution < -0.4 is 30.3 Å². The SMILES string of the molecule is COc1cccc([C@H]2C(C(=O)Nc3ccccc3)=C(C)N=c3s/c(=C4\C(=O)Nc5ccc(C)cc54)c(=O)n32)c1. The zero-order valence-electron chi connectivity index (χ0n) is 21.4.